The summed E-state index contributed by atoms with van der Waals surface area (Å²) in [5.41, 5.74) is 5.08. The van der Waals surface area contributed by atoms with E-state index in [-0.39, 0.29) is 6.04 Å². The molecule has 0 fully saturated rings. The summed E-state index contributed by atoms with van der Waals surface area (Å²) in [6.07, 6.45) is 8.87. The first-order chi connectivity index (χ1) is 11.7. The van der Waals surface area contributed by atoms with E-state index in [1.165, 1.54) is 28.5 Å². The molecule has 0 saturated heterocycles. The van der Waals surface area contributed by atoms with Crippen LogP contribution in [0.25, 0.3) is 10.9 Å². The van der Waals surface area contributed by atoms with E-state index in [2.05, 4.69) is 53.9 Å². The summed E-state index contributed by atoms with van der Waals surface area (Å²) < 4.78 is 2.20. The topological polar surface area (TPSA) is 25.2 Å². The molecule has 0 spiro atoms. The zero-order valence-corrected chi connectivity index (χ0v) is 14.7. The lowest BCUT2D eigenvalue weighted by atomic mass is 9.87. The molecule has 1 aliphatic carbocycles. The van der Waals surface area contributed by atoms with E-state index in [0.29, 0.717) is 5.91 Å². The summed E-state index contributed by atoms with van der Waals surface area (Å²) in [6, 6.07) is 8.73. The molecule has 2 heterocycles. The lowest BCUT2D eigenvalue weighted by molar-refractivity contribution is -0.127. The Bertz CT molecular complexity index is 814. The van der Waals surface area contributed by atoms with Gasteiger partial charge in [-0.2, -0.15) is 0 Å². The summed E-state index contributed by atoms with van der Waals surface area (Å²) in [5.74, 6) is 0.302. The van der Waals surface area contributed by atoms with Gasteiger partial charge in [0.1, 0.15) is 0 Å². The molecule has 0 bridgehead atoms. The largest absolute Gasteiger partial charge is 0.350 e. The second kappa shape index (κ2) is 6.12. The quantitative estimate of drug-likeness (QED) is 0.798. The van der Waals surface area contributed by atoms with E-state index >= 15 is 0 Å². The number of fused-ring (bicyclic) bond motifs is 1. The van der Waals surface area contributed by atoms with Crippen molar-refractivity contribution in [3.63, 3.8) is 0 Å². The second-order valence-electron chi connectivity index (χ2n) is 7.18. The SMILES string of the molecule is CCCCN1C(=O)C2=C(CCCC2)C1c1cn(C)c2ccccc12. The van der Waals surface area contributed by atoms with Crippen LogP contribution in [0.3, 0.4) is 0 Å². The molecule has 4 rings (SSSR count). The lowest BCUT2D eigenvalue weighted by Crippen LogP contribution is -2.31. The smallest absolute Gasteiger partial charge is 0.250 e. The van der Waals surface area contributed by atoms with Gasteiger partial charge in [0.25, 0.3) is 5.91 Å². The van der Waals surface area contributed by atoms with Gasteiger partial charge in [0.15, 0.2) is 0 Å². The van der Waals surface area contributed by atoms with E-state index in [1.54, 1.807) is 0 Å². The van der Waals surface area contributed by atoms with Crippen LogP contribution in [0.5, 0.6) is 0 Å². The molecule has 24 heavy (non-hydrogen) atoms. The molecule has 1 unspecified atom stereocenters. The second-order valence-corrected chi connectivity index (χ2v) is 7.18. The van der Waals surface area contributed by atoms with Crippen LogP contribution >= 0.6 is 0 Å². The Morgan fingerprint density at radius 3 is 2.79 bits per heavy atom. The van der Waals surface area contributed by atoms with Crippen molar-refractivity contribution in [3.05, 3.63) is 47.2 Å². The standard InChI is InChI=1S/C21H26N2O/c1-3-4-13-23-20(16-10-5-6-11-17(16)21(23)24)18-14-22(2)19-12-8-7-9-15(18)19/h7-9,12,14,20H,3-6,10-11,13H2,1-2H3. The summed E-state index contributed by atoms with van der Waals surface area (Å²) in [7, 11) is 2.11. The number of nitrogens with zero attached hydrogens (tertiary/aromatic N) is 2. The number of rotatable bonds is 4. The van der Waals surface area contributed by atoms with Crippen LogP contribution in [-0.4, -0.2) is 21.9 Å². The van der Waals surface area contributed by atoms with Crippen molar-refractivity contribution in [1.29, 1.82) is 0 Å². The highest BCUT2D eigenvalue weighted by molar-refractivity contribution is 5.99. The highest BCUT2D eigenvalue weighted by Gasteiger charge is 2.41. The molecule has 1 atom stereocenters. The number of hydrogen-bond donors (Lipinski definition) is 0. The van der Waals surface area contributed by atoms with E-state index in [0.717, 1.165) is 44.2 Å². The first-order valence-electron chi connectivity index (χ1n) is 9.29. The average Bonchev–Trinajstić information content (AvgIpc) is 3.09. The molecule has 1 aromatic carbocycles. The predicted molar refractivity (Wildman–Crippen MR) is 97.8 cm³/mol. The third-order valence-electron chi connectivity index (χ3n) is 5.65. The summed E-state index contributed by atoms with van der Waals surface area (Å²) in [6.45, 7) is 3.07. The van der Waals surface area contributed by atoms with E-state index in [4.69, 9.17) is 0 Å². The van der Waals surface area contributed by atoms with E-state index < -0.39 is 0 Å². The lowest BCUT2D eigenvalue weighted by Gasteiger charge is -2.27. The number of aryl methyl sites for hydroxylation is 1. The average molecular weight is 322 g/mol. The van der Waals surface area contributed by atoms with Gasteiger partial charge in [-0.1, -0.05) is 31.5 Å². The van der Waals surface area contributed by atoms with Gasteiger partial charge in [-0.05, 0) is 43.7 Å². The Kier molecular flexibility index (Phi) is 3.95. The molecule has 126 valence electrons. The highest BCUT2D eigenvalue weighted by atomic mass is 16.2. The van der Waals surface area contributed by atoms with Gasteiger partial charge >= 0.3 is 0 Å². The number of unbranched alkanes of at least 4 members (excludes halogenated alkanes) is 1. The Labute approximate surface area is 143 Å². The molecule has 1 aliphatic heterocycles. The van der Waals surface area contributed by atoms with Crippen molar-refractivity contribution < 1.29 is 4.79 Å². The summed E-state index contributed by atoms with van der Waals surface area (Å²) >= 11 is 0. The molecule has 1 amide bonds. The molecule has 0 N–H and O–H groups in total. The fourth-order valence-electron chi connectivity index (χ4n) is 4.46. The van der Waals surface area contributed by atoms with Crippen LogP contribution in [-0.2, 0) is 11.8 Å². The van der Waals surface area contributed by atoms with Crippen LogP contribution in [0.1, 0.15) is 57.1 Å². The minimum absolute atomic E-state index is 0.158. The third kappa shape index (κ3) is 2.29. The monoisotopic (exact) mass is 322 g/mol. The number of benzene rings is 1. The predicted octanol–water partition coefficient (Wildman–Crippen LogP) is 4.73. The number of aromatic nitrogens is 1. The maximum Gasteiger partial charge on any atom is 0.250 e. The van der Waals surface area contributed by atoms with Gasteiger partial charge in [-0.15, -0.1) is 0 Å². The highest BCUT2D eigenvalue weighted by Crippen LogP contribution is 2.46. The van der Waals surface area contributed by atoms with Gasteiger partial charge in [-0.3, -0.25) is 4.79 Å². The molecule has 2 aliphatic rings. The van der Waals surface area contributed by atoms with Crippen LogP contribution in [0.2, 0.25) is 0 Å². The fraction of sp³-hybridized carbons (Fsp3) is 0.476. The minimum atomic E-state index is 0.158. The van der Waals surface area contributed by atoms with Crippen LogP contribution in [0.4, 0.5) is 0 Å². The molecule has 3 nitrogen and oxygen atoms in total. The van der Waals surface area contributed by atoms with Crippen molar-refractivity contribution in [3.8, 4) is 0 Å². The van der Waals surface area contributed by atoms with Crippen molar-refractivity contribution in [2.45, 2.75) is 51.5 Å². The van der Waals surface area contributed by atoms with Gasteiger partial charge in [0.2, 0.25) is 0 Å². The molecule has 0 radical (unpaired) electrons. The van der Waals surface area contributed by atoms with Crippen LogP contribution in [0.15, 0.2) is 41.6 Å². The van der Waals surface area contributed by atoms with E-state index in [1.807, 2.05) is 0 Å². The van der Waals surface area contributed by atoms with Crippen LogP contribution < -0.4 is 0 Å². The Hall–Kier alpha value is -2.03. The summed E-state index contributed by atoms with van der Waals surface area (Å²) in [5, 5.41) is 1.29. The van der Waals surface area contributed by atoms with E-state index in [9.17, 15) is 4.79 Å². The number of carbonyl (C=O) groups is 1. The first-order valence-corrected chi connectivity index (χ1v) is 9.29. The fourth-order valence-corrected chi connectivity index (χ4v) is 4.46. The molecule has 2 aromatic rings. The van der Waals surface area contributed by atoms with Gasteiger partial charge in [-0.25, -0.2) is 0 Å². The maximum atomic E-state index is 13.0. The van der Waals surface area contributed by atoms with Crippen molar-refractivity contribution in [2.75, 3.05) is 6.54 Å². The molecular formula is C21H26N2O. The van der Waals surface area contributed by atoms with Crippen molar-refractivity contribution >= 4 is 16.8 Å². The Morgan fingerprint density at radius 1 is 1.17 bits per heavy atom. The van der Waals surface area contributed by atoms with Gasteiger partial charge < -0.3 is 9.47 Å². The Morgan fingerprint density at radius 2 is 1.96 bits per heavy atom. The molecule has 3 heteroatoms. The Balaban J connectivity index is 1.85. The van der Waals surface area contributed by atoms with Crippen molar-refractivity contribution in [2.24, 2.45) is 7.05 Å². The van der Waals surface area contributed by atoms with Crippen molar-refractivity contribution in [1.82, 2.24) is 9.47 Å². The summed E-state index contributed by atoms with van der Waals surface area (Å²) in [4.78, 5) is 15.2. The molecular weight excluding hydrogens is 296 g/mol. The maximum absolute atomic E-state index is 13.0. The normalized spacial score (nSPS) is 21.0. The minimum Gasteiger partial charge on any atom is -0.350 e. The number of hydrogen-bond acceptors (Lipinski definition) is 1. The zero-order valence-electron chi connectivity index (χ0n) is 14.7. The van der Waals surface area contributed by atoms with Gasteiger partial charge in [0.05, 0.1) is 6.04 Å². The number of para-hydroxylation sites is 1. The molecule has 1 aromatic heterocycles. The molecule has 0 saturated carbocycles. The third-order valence-corrected chi connectivity index (χ3v) is 5.65. The first kappa shape index (κ1) is 15.5. The van der Waals surface area contributed by atoms with Crippen LogP contribution in [0, 0.1) is 0 Å². The zero-order chi connectivity index (χ0) is 16.7. The number of carbonyl (C=O) groups excluding carboxylic acids is 1. The number of amides is 1. The van der Waals surface area contributed by atoms with Gasteiger partial charge in [0, 0.05) is 41.8 Å².